The molecule has 2 rings (SSSR count). The first-order valence-electron chi connectivity index (χ1n) is 4.32. The Morgan fingerprint density at radius 3 is 3.00 bits per heavy atom. The van der Waals surface area contributed by atoms with Crippen molar-refractivity contribution in [1.29, 1.82) is 0 Å². The van der Waals surface area contributed by atoms with Crippen molar-refractivity contribution in [2.75, 3.05) is 0 Å². The summed E-state index contributed by atoms with van der Waals surface area (Å²) in [7, 11) is 0. The van der Waals surface area contributed by atoms with Crippen LogP contribution >= 0.6 is 0 Å². The number of rotatable bonds is 1. The van der Waals surface area contributed by atoms with E-state index in [4.69, 9.17) is 4.74 Å². The normalized spacial score (nSPS) is 14.6. The van der Waals surface area contributed by atoms with Crippen LogP contribution in [0, 0.1) is 0 Å². The monoisotopic (exact) mass is 160 g/mol. The van der Waals surface area contributed by atoms with E-state index < -0.39 is 0 Å². The van der Waals surface area contributed by atoms with Crippen molar-refractivity contribution in [3.63, 3.8) is 0 Å². The summed E-state index contributed by atoms with van der Waals surface area (Å²) in [6, 6.07) is 8.20. The number of hydrogen-bond donors (Lipinski definition) is 0. The van der Waals surface area contributed by atoms with Gasteiger partial charge in [0.2, 0.25) is 0 Å². The zero-order valence-corrected chi connectivity index (χ0v) is 7.21. The number of fused-ring (bicyclic) bond motifs is 1. The van der Waals surface area contributed by atoms with Gasteiger partial charge in [0.15, 0.2) is 0 Å². The van der Waals surface area contributed by atoms with Crippen molar-refractivity contribution in [1.82, 2.24) is 0 Å². The zero-order valence-electron chi connectivity index (χ0n) is 7.21. The molecule has 62 valence electrons. The Kier molecular flexibility index (Phi) is 1.86. The molecule has 0 amide bonds. The fraction of sp³-hybridized carbons (Fsp3) is 0.273. The van der Waals surface area contributed by atoms with E-state index in [-0.39, 0.29) is 0 Å². The lowest BCUT2D eigenvalue weighted by Gasteiger charge is -2.15. The van der Waals surface area contributed by atoms with Crippen LogP contribution in [0.2, 0.25) is 0 Å². The van der Waals surface area contributed by atoms with Crippen LogP contribution in [0.3, 0.4) is 0 Å². The molecule has 0 aromatic heterocycles. The van der Waals surface area contributed by atoms with Gasteiger partial charge in [0, 0.05) is 6.42 Å². The van der Waals surface area contributed by atoms with Gasteiger partial charge < -0.3 is 4.74 Å². The van der Waals surface area contributed by atoms with Crippen LogP contribution < -0.4 is 4.74 Å². The Balaban J connectivity index is 2.31. The fourth-order valence-electron chi connectivity index (χ4n) is 1.41. The van der Waals surface area contributed by atoms with Gasteiger partial charge in [-0.05, 0) is 23.6 Å². The van der Waals surface area contributed by atoms with Gasteiger partial charge in [-0.1, -0.05) is 25.1 Å². The molecule has 0 spiro atoms. The van der Waals surface area contributed by atoms with Crippen molar-refractivity contribution >= 4 is 0 Å². The number of benzene rings is 1. The molecule has 0 unspecified atom stereocenters. The zero-order chi connectivity index (χ0) is 8.39. The lowest BCUT2D eigenvalue weighted by molar-refractivity contribution is 0.454. The third-order valence-corrected chi connectivity index (χ3v) is 2.20. The number of ether oxygens (including phenoxy) is 1. The van der Waals surface area contributed by atoms with Crippen molar-refractivity contribution in [3.05, 3.63) is 41.7 Å². The predicted octanol–water partition coefficient (Wildman–Crippen LogP) is 2.92. The SMILES string of the molecule is CCC1=COc2ccccc2C1. The minimum absolute atomic E-state index is 1.01. The van der Waals surface area contributed by atoms with Crippen molar-refractivity contribution in [3.8, 4) is 5.75 Å². The molecule has 0 bridgehead atoms. The van der Waals surface area contributed by atoms with Crippen molar-refractivity contribution < 1.29 is 4.74 Å². The molecule has 1 aromatic carbocycles. The first-order valence-corrected chi connectivity index (χ1v) is 4.32. The molecule has 1 heterocycles. The third kappa shape index (κ3) is 1.22. The van der Waals surface area contributed by atoms with E-state index in [0.29, 0.717) is 0 Å². The molecule has 12 heavy (non-hydrogen) atoms. The molecule has 0 N–H and O–H groups in total. The van der Waals surface area contributed by atoms with Crippen LogP contribution in [0.25, 0.3) is 0 Å². The second-order valence-corrected chi connectivity index (χ2v) is 3.03. The minimum Gasteiger partial charge on any atom is -0.465 e. The van der Waals surface area contributed by atoms with Gasteiger partial charge >= 0.3 is 0 Å². The van der Waals surface area contributed by atoms with E-state index in [9.17, 15) is 0 Å². The van der Waals surface area contributed by atoms with E-state index in [1.165, 1.54) is 11.1 Å². The van der Waals surface area contributed by atoms with Gasteiger partial charge in [-0.15, -0.1) is 0 Å². The molecule has 0 radical (unpaired) electrons. The van der Waals surface area contributed by atoms with E-state index >= 15 is 0 Å². The highest BCUT2D eigenvalue weighted by Crippen LogP contribution is 2.26. The van der Waals surface area contributed by atoms with Gasteiger partial charge in [0.1, 0.15) is 5.75 Å². The molecule has 0 aliphatic carbocycles. The van der Waals surface area contributed by atoms with Gasteiger partial charge in [-0.3, -0.25) is 0 Å². The molecular weight excluding hydrogens is 148 g/mol. The second-order valence-electron chi connectivity index (χ2n) is 3.03. The lowest BCUT2D eigenvalue weighted by atomic mass is 10.0. The molecule has 1 nitrogen and oxygen atoms in total. The summed E-state index contributed by atoms with van der Waals surface area (Å²) < 4.78 is 5.46. The van der Waals surface area contributed by atoms with E-state index in [1.807, 2.05) is 18.4 Å². The molecule has 1 heteroatoms. The molecule has 0 saturated carbocycles. The molecule has 1 aromatic rings. The fourth-order valence-corrected chi connectivity index (χ4v) is 1.41. The van der Waals surface area contributed by atoms with Crippen molar-refractivity contribution in [2.24, 2.45) is 0 Å². The van der Waals surface area contributed by atoms with Crippen LogP contribution in [0.15, 0.2) is 36.1 Å². The lowest BCUT2D eigenvalue weighted by Crippen LogP contribution is -2.01. The standard InChI is InChI=1S/C11H12O/c1-2-9-7-10-5-3-4-6-11(10)12-8-9/h3-6,8H,2,7H2,1H3. The molecule has 1 aliphatic heterocycles. The Hall–Kier alpha value is -1.24. The van der Waals surface area contributed by atoms with E-state index in [2.05, 4.69) is 19.1 Å². The van der Waals surface area contributed by atoms with Crippen LogP contribution in [0.1, 0.15) is 18.9 Å². The second kappa shape index (κ2) is 3.02. The van der Waals surface area contributed by atoms with Gasteiger partial charge in [0.05, 0.1) is 6.26 Å². The number of para-hydroxylation sites is 1. The molecule has 0 atom stereocenters. The Bertz CT molecular complexity index is 313. The predicted molar refractivity (Wildman–Crippen MR) is 49.1 cm³/mol. The van der Waals surface area contributed by atoms with Crippen LogP contribution in [-0.2, 0) is 6.42 Å². The number of allylic oxidation sites excluding steroid dienone is 1. The largest absolute Gasteiger partial charge is 0.465 e. The highest BCUT2D eigenvalue weighted by Gasteiger charge is 2.09. The van der Waals surface area contributed by atoms with E-state index in [0.717, 1.165) is 18.6 Å². The topological polar surface area (TPSA) is 9.23 Å². The third-order valence-electron chi connectivity index (χ3n) is 2.20. The summed E-state index contributed by atoms with van der Waals surface area (Å²) in [5.41, 5.74) is 2.67. The highest BCUT2D eigenvalue weighted by molar-refractivity contribution is 5.39. The smallest absolute Gasteiger partial charge is 0.130 e. The summed E-state index contributed by atoms with van der Waals surface area (Å²) in [6.45, 7) is 2.16. The molecular formula is C11H12O. The summed E-state index contributed by atoms with van der Waals surface area (Å²) in [4.78, 5) is 0. The molecule has 1 aliphatic rings. The first-order chi connectivity index (χ1) is 5.90. The molecule has 0 fully saturated rings. The van der Waals surface area contributed by atoms with E-state index in [1.54, 1.807) is 0 Å². The maximum atomic E-state index is 5.46. The number of hydrogen-bond acceptors (Lipinski definition) is 1. The maximum absolute atomic E-state index is 5.46. The summed E-state index contributed by atoms with van der Waals surface area (Å²) in [5, 5.41) is 0. The Labute approximate surface area is 72.7 Å². The van der Waals surface area contributed by atoms with Crippen LogP contribution in [0.4, 0.5) is 0 Å². The van der Waals surface area contributed by atoms with Gasteiger partial charge in [-0.25, -0.2) is 0 Å². The Morgan fingerprint density at radius 1 is 1.33 bits per heavy atom. The quantitative estimate of drug-likeness (QED) is 0.613. The van der Waals surface area contributed by atoms with Crippen molar-refractivity contribution in [2.45, 2.75) is 19.8 Å². The highest BCUT2D eigenvalue weighted by atomic mass is 16.5. The summed E-state index contributed by atoms with van der Waals surface area (Å²) >= 11 is 0. The minimum atomic E-state index is 1.01. The first kappa shape index (κ1) is 7.41. The summed E-state index contributed by atoms with van der Waals surface area (Å²) in [5.74, 6) is 1.01. The van der Waals surface area contributed by atoms with Gasteiger partial charge in [0.25, 0.3) is 0 Å². The van der Waals surface area contributed by atoms with Crippen LogP contribution in [0.5, 0.6) is 5.75 Å². The summed E-state index contributed by atoms with van der Waals surface area (Å²) in [6.07, 6.45) is 4.00. The Morgan fingerprint density at radius 2 is 2.17 bits per heavy atom. The maximum Gasteiger partial charge on any atom is 0.130 e. The molecule has 0 saturated heterocycles. The van der Waals surface area contributed by atoms with Gasteiger partial charge in [-0.2, -0.15) is 0 Å². The van der Waals surface area contributed by atoms with Crippen LogP contribution in [-0.4, -0.2) is 0 Å². The average molecular weight is 160 g/mol. The average Bonchev–Trinajstić information content (AvgIpc) is 2.17.